The van der Waals surface area contributed by atoms with Gasteiger partial charge in [0.05, 0.1) is 0 Å². The Morgan fingerprint density at radius 2 is 2.30 bits per heavy atom. The van der Waals surface area contributed by atoms with Gasteiger partial charge in [0.15, 0.2) is 4.67 Å². The zero-order valence-corrected chi connectivity index (χ0v) is 13.9. The molecule has 2 heterocycles. The number of sulfonamides is 1. The molecule has 0 radical (unpaired) electrons. The molecule has 1 unspecified atom stereocenters. The van der Waals surface area contributed by atoms with E-state index in [1.807, 2.05) is 7.05 Å². The van der Waals surface area contributed by atoms with Crippen molar-refractivity contribution in [2.45, 2.75) is 17.9 Å². The van der Waals surface area contributed by atoms with Crippen molar-refractivity contribution in [3.63, 3.8) is 0 Å². The molecule has 0 saturated carbocycles. The van der Waals surface area contributed by atoms with Gasteiger partial charge in [0.25, 0.3) is 0 Å². The summed E-state index contributed by atoms with van der Waals surface area (Å²) in [4.78, 5) is 2.26. The lowest BCUT2D eigenvalue weighted by Crippen LogP contribution is -2.32. The Hall–Kier alpha value is -0.410. The van der Waals surface area contributed by atoms with Crippen molar-refractivity contribution in [3.8, 4) is 0 Å². The van der Waals surface area contributed by atoms with Gasteiger partial charge in [-0.3, -0.25) is 0 Å². The van der Waals surface area contributed by atoms with Crippen molar-refractivity contribution in [2.75, 3.05) is 33.7 Å². The monoisotopic (exact) mass is 366 g/mol. The van der Waals surface area contributed by atoms with Gasteiger partial charge < -0.3 is 14.4 Å². The molecule has 8 heteroatoms. The first-order chi connectivity index (χ1) is 9.34. The van der Waals surface area contributed by atoms with Gasteiger partial charge in [-0.1, -0.05) is 0 Å². The van der Waals surface area contributed by atoms with E-state index >= 15 is 0 Å². The minimum Gasteiger partial charge on any atom is -0.450 e. The molecular weight excluding hydrogens is 348 g/mol. The van der Waals surface area contributed by atoms with Crippen LogP contribution in [0.25, 0.3) is 0 Å². The Morgan fingerprint density at radius 3 is 2.80 bits per heavy atom. The summed E-state index contributed by atoms with van der Waals surface area (Å²) in [6, 6.07) is 1.36. The van der Waals surface area contributed by atoms with Crippen LogP contribution in [0.1, 0.15) is 12.2 Å². The minimum atomic E-state index is -3.60. The van der Waals surface area contributed by atoms with Gasteiger partial charge in [0, 0.05) is 26.2 Å². The Balaban J connectivity index is 2.14. The largest absolute Gasteiger partial charge is 0.450 e. The molecule has 114 valence electrons. The fraction of sp³-hybridized carbons (Fsp3) is 0.667. The highest BCUT2D eigenvalue weighted by atomic mass is 79.9. The molecular formula is C12H19BrN2O4S. The Morgan fingerprint density at radius 1 is 1.60 bits per heavy atom. The summed E-state index contributed by atoms with van der Waals surface area (Å²) < 4.78 is 31.6. The smallest absolute Gasteiger partial charge is 0.247 e. The summed E-state index contributed by atoms with van der Waals surface area (Å²) in [6.07, 6.45) is 1.00. The van der Waals surface area contributed by atoms with Gasteiger partial charge in [-0.15, -0.1) is 0 Å². The van der Waals surface area contributed by atoms with E-state index in [1.165, 1.54) is 10.4 Å². The summed E-state index contributed by atoms with van der Waals surface area (Å²) >= 11 is 3.09. The van der Waals surface area contributed by atoms with Crippen molar-refractivity contribution in [1.82, 2.24) is 9.21 Å². The SMILES string of the molecule is CN1CCC(CN(C)S(=O)(=O)c2cc(CO)oc2Br)C1. The van der Waals surface area contributed by atoms with E-state index < -0.39 is 10.0 Å². The number of nitrogens with zero attached hydrogens (tertiary/aromatic N) is 2. The van der Waals surface area contributed by atoms with Crippen molar-refractivity contribution in [2.24, 2.45) is 5.92 Å². The highest BCUT2D eigenvalue weighted by Crippen LogP contribution is 2.29. The van der Waals surface area contributed by atoms with Crippen LogP contribution in [0.15, 0.2) is 20.0 Å². The van der Waals surface area contributed by atoms with Gasteiger partial charge in [0.2, 0.25) is 10.0 Å². The van der Waals surface area contributed by atoms with E-state index in [0.29, 0.717) is 12.5 Å². The number of aliphatic hydroxyl groups is 1. The maximum atomic E-state index is 12.5. The summed E-state index contributed by atoms with van der Waals surface area (Å²) in [6.45, 7) is 2.07. The van der Waals surface area contributed by atoms with E-state index in [1.54, 1.807) is 7.05 Å². The van der Waals surface area contributed by atoms with E-state index in [2.05, 4.69) is 20.8 Å². The molecule has 0 aromatic carbocycles. The molecule has 0 amide bonds. The predicted molar refractivity (Wildman–Crippen MR) is 77.8 cm³/mol. The van der Waals surface area contributed by atoms with E-state index in [4.69, 9.17) is 9.52 Å². The van der Waals surface area contributed by atoms with Crippen LogP contribution in [0.2, 0.25) is 0 Å². The number of aliphatic hydroxyl groups excluding tert-OH is 1. The standard InChI is InChI=1S/C12H19BrN2O4S/c1-14-4-3-9(6-14)7-15(2)20(17,18)11-5-10(8-16)19-12(11)13/h5,9,16H,3-4,6-8H2,1-2H3. The normalized spacial score (nSPS) is 20.9. The number of halogens is 1. The van der Waals surface area contributed by atoms with Gasteiger partial charge in [-0.05, 0) is 41.9 Å². The van der Waals surface area contributed by atoms with Crippen molar-refractivity contribution >= 4 is 26.0 Å². The molecule has 1 fully saturated rings. The minimum absolute atomic E-state index is 0.0652. The van der Waals surface area contributed by atoms with Gasteiger partial charge >= 0.3 is 0 Å². The first kappa shape index (κ1) is 16.0. The maximum Gasteiger partial charge on any atom is 0.247 e. The molecule has 1 aliphatic rings. The highest BCUT2D eigenvalue weighted by molar-refractivity contribution is 9.10. The van der Waals surface area contributed by atoms with Gasteiger partial charge in [0.1, 0.15) is 17.3 Å². The molecule has 0 spiro atoms. The molecule has 0 aliphatic carbocycles. The second-order valence-corrected chi connectivity index (χ2v) is 7.94. The lowest BCUT2D eigenvalue weighted by atomic mass is 10.1. The summed E-state index contributed by atoms with van der Waals surface area (Å²) in [7, 11) is 0.0107. The molecule has 1 N–H and O–H groups in total. The molecule has 0 bridgehead atoms. The third kappa shape index (κ3) is 3.25. The molecule has 20 heavy (non-hydrogen) atoms. The van der Waals surface area contributed by atoms with Crippen LogP contribution in [-0.4, -0.2) is 56.5 Å². The quantitative estimate of drug-likeness (QED) is 0.844. The summed E-state index contributed by atoms with van der Waals surface area (Å²) in [5, 5.41) is 9.01. The molecule has 2 rings (SSSR count). The lowest BCUT2D eigenvalue weighted by Gasteiger charge is -2.20. The van der Waals surface area contributed by atoms with Gasteiger partial charge in [-0.25, -0.2) is 12.7 Å². The predicted octanol–water partition coefficient (Wildman–Crippen LogP) is 1.11. The van der Waals surface area contributed by atoms with Crippen LogP contribution in [0.4, 0.5) is 0 Å². The number of hydrogen-bond acceptors (Lipinski definition) is 5. The van der Waals surface area contributed by atoms with Crippen molar-refractivity contribution in [3.05, 3.63) is 16.5 Å². The van der Waals surface area contributed by atoms with Crippen LogP contribution in [0.5, 0.6) is 0 Å². The molecule has 1 aromatic heterocycles. The third-order valence-electron chi connectivity index (χ3n) is 3.55. The number of likely N-dealkylation sites (tertiary alicyclic amines) is 1. The first-order valence-electron chi connectivity index (χ1n) is 6.38. The second kappa shape index (κ2) is 6.15. The topological polar surface area (TPSA) is 74.0 Å². The van der Waals surface area contributed by atoms with Crippen molar-refractivity contribution < 1.29 is 17.9 Å². The number of hydrogen-bond donors (Lipinski definition) is 1. The fourth-order valence-corrected chi connectivity index (χ4v) is 4.66. The molecule has 1 aliphatic heterocycles. The van der Waals surface area contributed by atoms with Crippen LogP contribution in [0.3, 0.4) is 0 Å². The van der Waals surface area contributed by atoms with Gasteiger partial charge in [-0.2, -0.15) is 0 Å². The third-order valence-corrected chi connectivity index (χ3v) is 6.24. The Bertz CT molecular complexity index is 572. The van der Waals surface area contributed by atoms with Crippen LogP contribution >= 0.6 is 15.9 Å². The van der Waals surface area contributed by atoms with E-state index in [9.17, 15) is 8.42 Å². The summed E-state index contributed by atoms with van der Waals surface area (Å²) in [5.74, 6) is 0.576. The first-order valence-corrected chi connectivity index (χ1v) is 8.62. The number of rotatable bonds is 5. The van der Waals surface area contributed by atoms with Crippen molar-refractivity contribution in [1.29, 1.82) is 0 Å². The summed E-state index contributed by atoms with van der Waals surface area (Å²) in [5.41, 5.74) is 0. The average Bonchev–Trinajstić information content (AvgIpc) is 2.95. The zero-order chi connectivity index (χ0) is 14.9. The Labute approximate surface area is 127 Å². The van der Waals surface area contributed by atoms with Crippen LogP contribution in [-0.2, 0) is 16.6 Å². The Kier molecular flexibility index (Phi) is 4.91. The maximum absolute atomic E-state index is 12.5. The molecule has 1 atom stereocenters. The van der Waals surface area contributed by atoms with E-state index in [-0.39, 0.29) is 21.9 Å². The molecule has 1 aromatic rings. The van der Waals surface area contributed by atoms with Crippen LogP contribution in [0, 0.1) is 5.92 Å². The average molecular weight is 367 g/mol. The fourth-order valence-electron chi connectivity index (χ4n) is 2.46. The molecule has 6 nitrogen and oxygen atoms in total. The molecule has 1 saturated heterocycles. The zero-order valence-electron chi connectivity index (χ0n) is 11.5. The number of furan rings is 1. The highest BCUT2D eigenvalue weighted by Gasteiger charge is 2.30. The lowest BCUT2D eigenvalue weighted by molar-refractivity contribution is 0.245. The van der Waals surface area contributed by atoms with E-state index in [0.717, 1.165) is 19.5 Å². The van der Waals surface area contributed by atoms with Crippen LogP contribution < -0.4 is 0 Å². The second-order valence-electron chi connectivity index (χ2n) is 5.21.